The number of hydrogen-bond donors (Lipinski definition) is 0. The summed E-state index contributed by atoms with van der Waals surface area (Å²) < 4.78 is 45.9. The minimum atomic E-state index is -4.71. The van der Waals surface area contributed by atoms with Crippen LogP contribution in [-0.4, -0.2) is 34.4 Å². The average molecular weight is 382 g/mol. The van der Waals surface area contributed by atoms with E-state index >= 15 is 0 Å². The fourth-order valence-corrected chi connectivity index (χ4v) is 3.73. The molecule has 1 atom stereocenters. The van der Waals surface area contributed by atoms with Crippen molar-refractivity contribution in [3.63, 3.8) is 0 Å². The van der Waals surface area contributed by atoms with Crippen molar-refractivity contribution in [2.24, 2.45) is 0 Å². The fraction of sp³-hybridized carbons (Fsp3) is 0.474. The van der Waals surface area contributed by atoms with Gasteiger partial charge in [0.1, 0.15) is 17.1 Å². The van der Waals surface area contributed by atoms with Crippen LogP contribution in [0.1, 0.15) is 47.1 Å². The van der Waals surface area contributed by atoms with E-state index in [0.29, 0.717) is 30.0 Å². The number of ether oxygens (including phenoxy) is 1. The summed E-state index contributed by atoms with van der Waals surface area (Å²) in [6.07, 6.45) is -2.51. The predicted octanol–water partition coefficient (Wildman–Crippen LogP) is 4.43. The third-order valence-electron chi connectivity index (χ3n) is 4.98. The summed E-state index contributed by atoms with van der Waals surface area (Å²) >= 11 is 0. The number of carbonyl (C=O) groups is 1. The molecule has 5 nitrogen and oxygen atoms in total. The number of hydrogen-bond acceptors (Lipinski definition) is 4. The lowest BCUT2D eigenvalue weighted by Gasteiger charge is -2.35. The average Bonchev–Trinajstić information content (AvgIpc) is 3.10. The fourth-order valence-electron chi connectivity index (χ4n) is 3.73. The lowest BCUT2D eigenvalue weighted by atomic mass is 9.89. The topological polar surface area (TPSA) is 55.6 Å². The number of alkyl halides is 3. The summed E-state index contributed by atoms with van der Waals surface area (Å²) in [5.41, 5.74) is 1.45. The van der Waals surface area contributed by atoms with Gasteiger partial charge in [0.05, 0.1) is 5.69 Å². The summed E-state index contributed by atoms with van der Waals surface area (Å²) in [5.74, 6) is 0.107. The minimum absolute atomic E-state index is 0.122. The number of amides is 1. The number of benzene rings is 1. The molecule has 146 valence electrons. The van der Waals surface area contributed by atoms with Crippen LogP contribution in [-0.2, 0) is 6.42 Å². The van der Waals surface area contributed by atoms with Gasteiger partial charge in [-0.2, -0.15) is 0 Å². The number of aromatic nitrogens is 1. The standard InChI is InChI=1S/C19H21F3N2O3/c1-12-16(13(2)27-23-12)17(25)24-10-4-9-18(24,3)11-14-5-7-15(8-6-14)26-19(20,21)22/h5-8H,4,9-11H2,1-3H3. The molecule has 1 aromatic heterocycles. The summed E-state index contributed by atoms with van der Waals surface area (Å²) in [7, 11) is 0. The van der Waals surface area contributed by atoms with Crippen molar-refractivity contribution in [2.45, 2.75) is 51.9 Å². The SMILES string of the molecule is Cc1noc(C)c1C(=O)N1CCCC1(C)Cc1ccc(OC(F)(F)F)cc1. The van der Waals surface area contributed by atoms with Crippen LogP contribution in [0.2, 0.25) is 0 Å². The number of aryl methyl sites for hydroxylation is 2. The number of nitrogens with zero attached hydrogens (tertiary/aromatic N) is 2. The largest absolute Gasteiger partial charge is 0.573 e. The Morgan fingerprint density at radius 2 is 1.96 bits per heavy atom. The molecule has 1 aromatic carbocycles. The molecular formula is C19H21F3N2O3. The van der Waals surface area contributed by atoms with E-state index < -0.39 is 11.9 Å². The van der Waals surface area contributed by atoms with Crippen LogP contribution in [0.4, 0.5) is 13.2 Å². The Kier molecular flexibility index (Phi) is 4.92. The van der Waals surface area contributed by atoms with E-state index in [1.54, 1.807) is 26.0 Å². The van der Waals surface area contributed by atoms with Crippen LogP contribution in [0.25, 0.3) is 0 Å². The van der Waals surface area contributed by atoms with Crippen molar-refractivity contribution in [1.82, 2.24) is 10.1 Å². The van der Waals surface area contributed by atoms with E-state index in [1.807, 2.05) is 11.8 Å². The maximum Gasteiger partial charge on any atom is 0.573 e. The first kappa shape index (κ1) is 19.3. The van der Waals surface area contributed by atoms with Crippen molar-refractivity contribution >= 4 is 5.91 Å². The maximum absolute atomic E-state index is 13.0. The monoisotopic (exact) mass is 382 g/mol. The van der Waals surface area contributed by atoms with Crippen LogP contribution in [0.15, 0.2) is 28.8 Å². The summed E-state index contributed by atoms with van der Waals surface area (Å²) in [5, 5.41) is 3.85. The molecule has 0 N–H and O–H groups in total. The zero-order valence-corrected chi connectivity index (χ0v) is 15.4. The molecule has 0 aliphatic carbocycles. The molecule has 2 heterocycles. The minimum Gasteiger partial charge on any atom is -0.406 e. The molecular weight excluding hydrogens is 361 g/mol. The molecule has 1 aliphatic heterocycles. The van der Waals surface area contributed by atoms with Crippen LogP contribution < -0.4 is 4.74 Å². The van der Waals surface area contributed by atoms with Gasteiger partial charge in [-0.1, -0.05) is 17.3 Å². The van der Waals surface area contributed by atoms with Gasteiger partial charge in [0.25, 0.3) is 5.91 Å². The van der Waals surface area contributed by atoms with Crippen molar-refractivity contribution in [3.05, 3.63) is 46.8 Å². The Morgan fingerprint density at radius 3 is 2.52 bits per heavy atom. The Labute approximate surface area is 155 Å². The van der Waals surface area contributed by atoms with Gasteiger partial charge in [-0.05, 0) is 57.7 Å². The van der Waals surface area contributed by atoms with Crippen molar-refractivity contribution in [1.29, 1.82) is 0 Å². The molecule has 1 fully saturated rings. The van der Waals surface area contributed by atoms with E-state index in [4.69, 9.17) is 4.52 Å². The lowest BCUT2D eigenvalue weighted by Crippen LogP contribution is -2.46. The Balaban J connectivity index is 1.78. The molecule has 1 saturated heterocycles. The third-order valence-corrected chi connectivity index (χ3v) is 4.98. The van der Waals surface area contributed by atoms with Gasteiger partial charge < -0.3 is 14.2 Å². The summed E-state index contributed by atoms with van der Waals surface area (Å²) in [6.45, 7) is 6.06. The zero-order chi connectivity index (χ0) is 19.8. The number of rotatable bonds is 4. The lowest BCUT2D eigenvalue weighted by molar-refractivity contribution is -0.274. The quantitative estimate of drug-likeness (QED) is 0.785. The Morgan fingerprint density at radius 1 is 1.30 bits per heavy atom. The number of likely N-dealkylation sites (tertiary alicyclic amines) is 1. The summed E-state index contributed by atoms with van der Waals surface area (Å²) in [6, 6.07) is 5.79. The van der Waals surface area contributed by atoms with Crippen LogP contribution in [0.3, 0.4) is 0 Å². The van der Waals surface area contributed by atoms with Crippen LogP contribution >= 0.6 is 0 Å². The molecule has 3 rings (SSSR count). The molecule has 1 amide bonds. The van der Waals surface area contributed by atoms with Crippen molar-refractivity contribution in [3.8, 4) is 5.75 Å². The first-order valence-electron chi connectivity index (χ1n) is 8.69. The molecule has 1 aliphatic rings. The molecule has 2 aromatic rings. The molecule has 0 saturated carbocycles. The Hall–Kier alpha value is -2.51. The van der Waals surface area contributed by atoms with Gasteiger partial charge in [0.15, 0.2) is 0 Å². The van der Waals surface area contributed by atoms with E-state index in [-0.39, 0.29) is 11.7 Å². The van der Waals surface area contributed by atoms with E-state index in [9.17, 15) is 18.0 Å². The highest BCUT2D eigenvalue weighted by atomic mass is 19.4. The highest BCUT2D eigenvalue weighted by Gasteiger charge is 2.41. The predicted molar refractivity (Wildman–Crippen MR) is 91.5 cm³/mol. The van der Waals surface area contributed by atoms with Crippen LogP contribution in [0, 0.1) is 13.8 Å². The van der Waals surface area contributed by atoms with E-state index in [2.05, 4.69) is 9.89 Å². The van der Waals surface area contributed by atoms with Gasteiger partial charge in [-0.3, -0.25) is 4.79 Å². The molecule has 0 bridgehead atoms. The van der Waals surface area contributed by atoms with Crippen molar-refractivity contribution < 1.29 is 27.2 Å². The first-order chi connectivity index (χ1) is 12.6. The maximum atomic E-state index is 13.0. The van der Waals surface area contributed by atoms with Crippen molar-refractivity contribution in [2.75, 3.05) is 6.54 Å². The van der Waals surface area contributed by atoms with E-state index in [0.717, 1.165) is 18.4 Å². The third kappa shape index (κ3) is 4.09. The molecule has 0 spiro atoms. The van der Waals surface area contributed by atoms with Gasteiger partial charge in [-0.15, -0.1) is 13.2 Å². The second-order valence-corrected chi connectivity index (χ2v) is 7.12. The zero-order valence-electron chi connectivity index (χ0n) is 15.4. The number of carbonyl (C=O) groups excluding carboxylic acids is 1. The highest BCUT2D eigenvalue weighted by Crippen LogP contribution is 2.35. The second kappa shape index (κ2) is 6.90. The highest BCUT2D eigenvalue weighted by molar-refractivity contribution is 5.96. The van der Waals surface area contributed by atoms with Crippen LogP contribution in [0.5, 0.6) is 5.75 Å². The molecule has 1 unspecified atom stereocenters. The molecule has 27 heavy (non-hydrogen) atoms. The summed E-state index contributed by atoms with van der Waals surface area (Å²) in [4.78, 5) is 14.9. The number of halogens is 3. The second-order valence-electron chi connectivity index (χ2n) is 7.12. The van der Waals surface area contributed by atoms with Gasteiger partial charge in [0.2, 0.25) is 0 Å². The smallest absolute Gasteiger partial charge is 0.406 e. The van der Waals surface area contributed by atoms with E-state index in [1.165, 1.54) is 12.1 Å². The normalized spacial score (nSPS) is 20.1. The first-order valence-corrected chi connectivity index (χ1v) is 8.69. The van der Waals surface area contributed by atoms with Gasteiger partial charge in [-0.25, -0.2) is 0 Å². The van der Waals surface area contributed by atoms with Gasteiger partial charge >= 0.3 is 6.36 Å². The molecule has 0 radical (unpaired) electrons. The molecule has 8 heteroatoms. The Bertz CT molecular complexity index is 810. The van der Waals surface area contributed by atoms with Gasteiger partial charge in [0, 0.05) is 12.1 Å².